The van der Waals surface area contributed by atoms with Gasteiger partial charge in [0.05, 0.1) is 16.8 Å². The zero-order valence-electron chi connectivity index (χ0n) is 15.3. The molecule has 1 rings (SSSR count). The predicted octanol–water partition coefficient (Wildman–Crippen LogP) is 2.68. The molecule has 0 bridgehead atoms. The molecule has 0 heterocycles. The van der Waals surface area contributed by atoms with E-state index in [1.54, 1.807) is 27.7 Å². The number of benzene rings is 1. The maximum absolute atomic E-state index is 13.4. The van der Waals surface area contributed by atoms with Crippen LogP contribution < -0.4 is 11.2 Å². The Morgan fingerprint density at radius 3 is 2.24 bits per heavy atom. The molecule has 3 N–H and O–H groups in total. The van der Waals surface area contributed by atoms with Crippen LogP contribution in [0.2, 0.25) is 0 Å². The van der Waals surface area contributed by atoms with Crippen LogP contribution >= 0.6 is 0 Å². The second-order valence-electron chi connectivity index (χ2n) is 7.04. The van der Waals surface area contributed by atoms with Crippen molar-refractivity contribution in [3.8, 4) is 0 Å². The lowest BCUT2D eigenvalue weighted by atomic mass is 9.80. The number of ether oxygens (including phenoxy) is 1. The van der Waals surface area contributed by atoms with Crippen molar-refractivity contribution < 1.29 is 27.7 Å². The molecule has 4 nitrogen and oxygen atoms in total. The molecule has 1 radical (unpaired) electrons. The zero-order chi connectivity index (χ0) is 19.5. The third-order valence-electron chi connectivity index (χ3n) is 4.36. The van der Waals surface area contributed by atoms with Gasteiger partial charge in [0.25, 0.3) is 0 Å². The molecule has 141 valence electrons. The number of hydrogen-bond donors (Lipinski definition) is 2. The Morgan fingerprint density at radius 2 is 1.76 bits per heavy atom. The molecule has 0 saturated heterocycles. The molecule has 0 aliphatic heterocycles. The van der Waals surface area contributed by atoms with Crippen molar-refractivity contribution in [2.45, 2.75) is 57.9 Å². The van der Waals surface area contributed by atoms with Gasteiger partial charge in [-0.25, -0.2) is 0 Å². The van der Waals surface area contributed by atoms with E-state index in [1.165, 1.54) is 20.7 Å². The van der Waals surface area contributed by atoms with Gasteiger partial charge in [-0.2, -0.15) is 13.2 Å². The lowest BCUT2D eigenvalue weighted by molar-refractivity contribution is -0.138. The number of aryl methyl sites for hydroxylation is 1. The molecule has 0 atom stereocenters. The van der Waals surface area contributed by atoms with Gasteiger partial charge in [0.15, 0.2) is 0 Å². The van der Waals surface area contributed by atoms with E-state index in [4.69, 9.17) is 15.1 Å². The summed E-state index contributed by atoms with van der Waals surface area (Å²) in [5.74, 6) is 0. The Kier molecular flexibility index (Phi) is 6.95. The monoisotopic (exact) mass is 360 g/mol. The van der Waals surface area contributed by atoms with Crippen LogP contribution in [0.15, 0.2) is 12.1 Å². The Balaban J connectivity index is 3.09. The highest BCUT2D eigenvalue weighted by molar-refractivity contribution is 6.49. The summed E-state index contributed by atoms with van der Waals surface area (Å²) in [5, 5.41) is 10.1. The van der Waals surface area contributed by atoms with Crippen molar-refractivity contribution in [1.29, 1.82) is 0 Å². The Labute approximate surface area is 147 Å². The molecule has 0 amide bonds. The summed E-state index contributed by atoms with van der Waals surface area (Å²) in [6.07, 6.45) is -3.82. The van der Waals surface area contributed by atoms with Crippen LogP contribution in [-0.4, -0.2) is 37.5 Å². The summed E-state index contributed by atoms with van der Waals surface area (Å²) in [6.45, 7) is 6.77. The molecule has 0 unspecified atom stereocenters. The highest BCUT2D eigenvalue weighted by Crippen LogP contribution is 2.33. The lowest BCUT2D eigenvalue weighted by Gasteiger charge is -2.37. The van der Waals surface area contributed by atoms with Crippen molar-refractivity contribution >= 4 is 18.6 Å². The number of rotatable bonds is 8. The van der Waals surface area contributed by atoms with E-state index in [-0.39, 0.29) is 23.1 Å². The third kappa shape index (κ3) is 5.90. The molecule has 25 heavy (non-hydrogen) atoms. The molecule has 0 aromatic heterocycles. The molecule has 0 spiro atoms. The summed E-state index contributed by atoms with van der Waals surface area (Å²) in [6, 6.07) is 2.31. The molecule has 0 aliphatic carbocycles. The Morgan fingerprint density at radius 1 is 1.16 bits per heavy atom. The third-order valence-corrected chi connectivity index (χ3v) is 4.36. The predicted molar refractivity (Wildman–Crippen MR) is 92.9 cm³/mol. The van der Waals surface area contributed by atoms with Crippen molar-refractivity contribution in [1.82, 2.24) is 0 Å². The van der Waals surface area contributed by atoms with Crippen molar-refractivity contribution in [2.24, 2.45) is 0 Å². The number of nitrogens with two attached hydrogens (primary N) is 1. The van der Waals surface area contributed by atoms with E-state index >= 15 is 0 Å². The largest absolute Gasteiger partial charge is 0.427 e. The van der Waals surface area contributed by atoms with Gasteiger partial charge in [-0.05, 0) is 57.6 Å². The molecule has 1 aromatic rings. The fraction of sp³-hybridized carbons (Fsp3) is 0.647. The van der Waals surface area contributed by atoms with Crippen molar-refractivity contribution in [3.63, 3.8) is 0 Å². The second kappa shape index (κ2) is 7.97. The molecular formula is C17H26BF3NO3. The number of alkyl halides is 3. The van der Waals surface area contributed by atoms with Crippen LogP contribution in [0, 0.1) is 0 Å². The van der Waals surface area contributed by atoms with Gasteiger partial charge in [0, 0.05) is 19.4 Å². The molecule has 1 aromatic carbocycles. The Hall–Kier alpha value is -1.25. The zero-order valence-corrected chi connectivity index (χ0v) is 15.3. The van der Waals surface area contributed by atoms with E-state index < -0.39 is 22.9 Å². The number of halogens is 3. The minimum Gasteiger partial charge on any atom is -0.427 e. The second-order valence-corrected chi connectivity index (χ2v) is 7.04. The Bertz CT molecular complexity index is 584. The molecule has 0 saturated carbocycles. The van der Waals surface area contributed by atoms with E-state index in [1.807, 2.05) is 0 Å². The summed E-state index contributed by atoms with van der Waals surface area (Å²) in [4.78, 5) is 0. The van der Waals surface area contributed by atoms with Gasteiger partial charge >= 0.3 is 13.7 Å². The van der Waals surface area contributed by atoms with Gasteiger partial charge in [0.1, 0.15) is 0 Å². The molecule has 0 aliphatic rings. The van der Waals surface area contributed by atoms with Crippen LogP contribution in [0.4, 0.5) is 18.9 Å². The fourth-order valence-corrected chi connectivity index (χ4v) is 2.02. The van der Waals surface area contributed by atoms with E-state index in [0.29, 0.717) is 13.0 Å². The highest BCUT2D eigenvalue weighted by Gasteiger charge is 2.37. The SMILES string of the molecule is COCCCc1cc(N)c([B]OC(C)(C)C(C)(C)O)cc1C(F)(F)F. The molecule has 0 fully saturated rings. The first-order valence-corrected chi connectivity index (χ1v) is 8.01. The minimum absolute atomic E-state index is 0.125. The van der Waals surface area contributed by atoms with Crippen molar-refractivity contribution in [3.05, 3.63) is 23.3 Å². The maximum Gasteiger partial charge on any atom is 0.416 e. The topological polar surface area (TPSA) is 64.7 Å². The molecular weight excluding hydrogens is 334 g/mol. The maximum atomic E-state index is 13.4. The quantitative estimate of drug-likeness (QED) is 0.425. The van der Waals surface area contributed by atoms with Gasteiger partial charge in [-0.1, -0.05) is 6.07 Å². The standard InChI is InChI=1S/C17H26BF3NO3/c1-15(2,23)16(3,4)25-18-13-10-12(17(19,20)21)11(9-14(13)22)7-6-8-24-5/h9-10,23H,6-8,22H2,1-5H3. The molecule has 8 heteroatoms. The average molecular weight is 360 g/mol. The normalized spacial score (nSPS) is 13.2. The summed E-state index contributed by atoms with van der Waals surface area (Å²) >= 11 is 0. The van der Waals surface area contributed by atoms with Gasteiger partial charge < -0.3 is 20.2 Å². The van der Waals surface area contributed by atoms with E-state index in [0.717, 1.165) is 6.07 Å². The number of aliphatic hydroxyl groups is 1. The van der Waals surface area contributed by atoms with E-state index in [9.17, 15) is 18.3 Å². The first-order chi connectivity index (χ1) is 11.3. The van der Waals surface area contributed by atoms with Crippen LogP contribution in [0.5, 0.6) is 0 Å². The van der Waals surface area contributed by atoms with Crippen LogP contribution in [0.3, 0.4) is 0 Å². The summed E-state index contributed by atoms with van der Waals surface area (Å²) < 4.78 is 50.5. The van der Waals surface area contributed by atoms with Crippen LogP contribution in [0.25, 0.3) is 0 Å². The first kappa shape index (κ1) is 21.8. The van der Waals surface area contributed by atoms with Crippen molar-refractivity contribution in [2.75, 3.05) is 19.5 Å². The van der Waals surface area contributed by atoms with E-state index in [2.05, 4.69) is 0 Å². The van der Waals surface area contributed by atoms with Gasteiger partial charge in [-0.15, -0.1) is 0 Å². The fourth-order valence-electron chi connectivity index (χ4n) is 2.02. The number of anilines is 1. The highest BCUT2D eigenvalue weighted by atomic mass is 19.4. The summed E-state index contributed by atoms with van der Waals surface area (Å²) in [5.41, 5.74) is 3.41. The minimum atomic E-state index is -4.50. The van der Waals surface area contributed by atoms with Gasteiger partial charge in [-0.3, -0.25) is 0 Å². The first-order valence-electron chi connectivity index (χ1n) is 8.01. The number of hydrogen-bond acceptors (Lipinski definition) is 4. The van der Waals surface area contributed by atoms with Crippen LogP contribution in [0.1, 0.15) is 45.2 Å². The number of methoxy groups -OCH3 is 1. The number of nitrogen functional groups attached to an aromatic ring is 1. The van der Waals surface area contributed by atoms with Crippen LogP contribution in [-0.2, 0) is 22.0 Å². The lowest BCUT2D eigenvalue weighted by Crippen LogP contribution is -2.49. The van der Waals surface area contributed by atoms with Gasteiger partial charge in [0.2, 0.25) is 0 Å². The summed E-state index contributed by atoms with van der Waals surface area (Å²) in [7, 11) is 2.67. The average Bonchev–Trinajstić information content (AvgIpc) is 2.44. The smallest absolute Gasteiger partial charge is 0.416 e.